The van der Waals surface area contributed by atoms with Crippen molar-refractivity contribution in [3.63, 3.8) is 0 Å². The zero-order valence-corrected chi connectivity index (χ0v) is 27.8. The highest BCUT2D eigenvalue weighted by Gasteiger charge is 2.32. The quantitative estimate of drug-likeness (QED) is 0.293. The van der Waals surface area contributed by atoms with Crippen LogP contribution in [0.4, 0.5) is 24.7 Å². The first-order chi connectivity index (χ1) is 22.9. The van der Waals surface area contributed by atoms with Gasteiger partial charge in [-0.15, -0.1) is 5.10 Å². The van der Waals surface area contributed by atoms with Gasteiger partial charge < -0.3 is 20.0 Å². The number of carbonyl (C=O) groups is 1. The molecule has 0 aliphatic carbocycles. The SMILES string of the molecule is Cc1c(C#Cc2cnc3ccc(N4CCC(N(C)C)CC4)nn23)cccc1C(=O)Nc1cc(CN2CCN(C)CC2)cc(C(F)(F)F)c1. The second-order valence-electron chi connectivity index (χ2n) is 13.0. The molecule has 2 aliphatic heterocycles. The van der Waals surface area contributed by atoms with Crippen LogP contribution in [0.3, 0.4) is 0 Å². The van der Waals surface area contributed by atoms with Crippen molar-refractivity contribution in [3.8, 4) is 11.8 Å². The Morgan fingerprint density at radius 3 is 2.46 bits per heavy atom. The van der Waals surface area contributed by atoms with Gasteiger partial charge in [-0.1, -0.05) is 12.0 Å². The lowest BCUT2D eigenvalue weighted by Gasteiger charge is -2.35. The fourth-order valence-corrected chi connectivity index (χ4v) is 6.36. The molecule has 9 nitrogen and oxygen atoms in total. The summed E-state index contributed by atoms with van der Waals surface area (Å²) in [4.78, 5) is 26.8. The summed E-state index contributed by atoms with van der Waals surface area (Å²) >= 11 is 0. The third-order valence-electron chi connectivity index (χ3n) is 9.35. The number of aromatic nitrogens is 3. The first-order valence-corrected chi connectivity index (χ1v) is 16.3. The van der Waals surface area contributed by atoms with Gasteiger partial charge in [0.2, 0.25) is 0 Å². The second-order valence-corrected chi connectivity index (χ2v) is 13.0. The van der Waals surface area contributed by atoms with Crippen LogP contribution in [0.15, 0.2) is 54.7 Å². The number of imidazole rings is 1. The molecular formula is C36H41F3N8O. The number of likely N-dealkylation sites (N-methyl/N-ethyl adjacent to an activating group) is 1. The van der Waals surface area contributed by atoms with Crippen LogP contribution in [0.25, 0.3) is 5.65 Å². The van der Waals surface area contributed by atoms with Gasteiger partial charge in [-0.3, -0.25) is 9.69 Å². The molecule has 0 bridgehead atoms. The van der Waals surface area contributed by atoms with Gasteiger partial charge in [0.15, 0.2) is 5.65 Å². The van der Waals surface area contributed by atoms with E-state index in [-0.39, 0.29) is 5.69 Å². The molecule has 4 heterocycles. The van der Waals surface area contributed by atoms with Gasteiger partial charge in [-0.25, -0.2) is 9.50 Å². The highest BCUT2D eigenvalue weighted by Crippen LogP contribution is 2.33. The van der Waals surface area contributed by atoms with E-state index in [0.29, 0.717) is 46.2 Å². The number of benzene rings is 2. The number of piperidine rings is 1. The van der Waals surface area contributed by atoms with Gasteiger partial charge in [0.05, 0.1) is 11.8 Å². The summed E-state index contributed by atoms with van der Waals surface area (Å²) in [5.41, 5.74) is 2.70. The molecular weight excluding hydrogens is 617 g/mol. The third kappa shape index (κ3) is 7.65. The third-order valence-corrected chi connectivity index (χ3v) is 9.35. The number of amides is 1. The summed E-state index contributed by atoms with van der Waals surface area (Å²) in [5.74, 6) is 6.70. The van der Waals surface area contributed by atoms with Crippen molar-refractivity contribution in [3.05, 3.63) is 88.2 Å². The number of anilines is 2. The largest absolute Gasteiger partial charge is 0.416 e. The summed E-state index contributed by atoms with van der Waals surface area (Å²) in [6, 6.07) is 13.5. The molecule has 1 amide bonds. The number of nitrogens with zero attached hydrogens (tertiary/aromatic N) is 7. The van der Waals surface area contributed by atoms with E-state index in [4.69, 9.17) is 5.10 Å². The average molecular weight is 659 g/mol. The molecule has 12 heteroatoms. The van der Waals surface area contributed by atoms with Gasteiger partial charge in [-0.05, 0) is 100 Å². The minimum absolute atomic E-state index is 0.105. The molecule has 2 saturated heterocycles. The van der Waals surface area contributed by atoms with Crippen molar-refractivity contribution < 1.29 is 18.0 Å². The maximum atomic E-state index is 13.8. The van der Waals surface area contributed by atoms with Crippen molar-refractivity contribution in [1.82, 2.24) is 29.3 Å². The molecule has 1 N–H and O–H groups in total. The smallest absolute Gasteiger partial charge is 0.355 e. The van der Waals surface area contributed by atoms with Crippen LogP contribution in [0.2, 0.25) is 0 Å². The van der Waals surface area contributed by atoms with Crippen LogP contribution in [0, 0.1) is 18.8 Å². The fourth-order valence-electron chi connectivity index (χ4n) is 6.36. The predicted octanol–water partition coefficient (Wildman–Crippen LogP) is 4.99. The van der Waals surface area contributed by atoms with E-state index in [2.05, 4.69) is 55.8 Å². The minimum atomic E-state index is -4.54. The van der Waals surface area contributed by atoms with Crippen molar-refractivity contribution >= 4 is 23.1 Å². The molecule has 2 aliphatic rings. The number of hydrogen-bond donors (Lipinski definition) is 1. The zero-order chi connectivity index (χ0) is 34.0. The molecule has 6 rings (SSSR count). The summed E-state index contributed by atoms with van der Waals surface area (Å²) in [6.07, 6.45) is -0.730. The van der Waals surface area contributed by atoms with Gasteiger partial charge in [0.25, 0.3) is 5.91 Å². The van der Waals surface area contributed by atoms with Crippen LogP contribution in [-0.2, 0) is 12.7 Å². The summed E-state index contributed by atoms with van der Waals surface area (Å²) in [6.45, 7) is 7.24. The molecule has 2 fully saturated rings. The van der Waals surface area contributed by atoms with E-state index in [1.807, 2.05) is 25.2 Å². The number of alkyl halides is 3. The number of halogens is 3. The van der Waals surface area contributed by atoms with Crippen LogP contribution in [-0.4, -0.2) is 102 Å². The van der Waals surface area contributed by atoms with Crippen molar-refractivity contribution in [2.75, 3.05) is 70.6 Å². The number of fused-ring (bicyclic) bond motifs is 1. The molecule has 4 aromatic rings. The Kier molecular flexibility index (Phi) is 9.73. The number of piperazine rings is 1. The van der Waals surface area contributed by atoms with Gasteiger partial charge >= 0.3 is 6.18 Å². The Balaban J connectivity index is 1.20. The monoisotopic (exact) mass is 658 g/mol. The van der Waals surface area contributed by atoms with Crippen LogP contribution >= 0.6 is 0 Å². The van der Waals surface area contributed by atoms with Crippen LogP contribution in [0.1, 0.15) is 51.1 Å². The molecule has 252 valence electrons. The summed E-state index contributed by atoms with van der Waals surface area (Å²) < 4.78 is 43.3. The van der Waals surface area contributed by atoms with E-state index >= 15 is 0 Å². The maximum absolute atomic E-state index is 13.8. The first kappa shape index (κ1) is 33.5. The second kappa shape index (κ2) is 14.0. The van der Waals surface area contributed by atoms with Gasteiger partial charge in [-0.2, -0.15) is 13.2 Å². The highest BCUT2D eigenvalue weighted by atomic mass is 19.4. The predicted molar refractivity (Wildman–Crippen MR) is 181 cm³/mol. The van der Waals surface area contributed by atoms with Crippen LogP contribution in [0.5, 0.6) is 0 Å². The molecule has 0 radical (unpaired) electrons. The topological polar surface area (TPSA) is 72.2 Å². The Morgan fingerprint density at radius 2 is 1.75 bits per heavy atom. The van der Waals surface area contributed by atoms with Crippen molar-refractivity contribution in [1.29, 1.82) is 0 Å². The van der Waals surface area contributed by atoms with E-state index in [1.54, 1.807) is 35.8 Å². The molecule has 0 atom stereocenters. The normalized spacial score (nSPS) is 16.7. The number of rotatable bonds is 6. The van der Waals surface area contributed by atoms with E-state index in [9.17, 15) is 18.0 Å². The Labute approximate surface area is 279 Å². The fraction of sp³-hybridized carbons (Fsp3) is 0.417. The average Bonchev–Trinajstić information content (AvgIpc) is 3.47. The number of hydrogen-bond acceptors (Lipinski definition) is 7. The standard InChI is InChI=1S/C36H41F3N8O/c1-25-27(8-9-31-23-40-33-10-11-34(42-47(31)33)46-14-12-30(13-15-46)43(2)3)6-5-7-32(25)35(48)41-29-21-26(20-28(22-29)36(37,38)39)24-45-18-16-44(4)17-19-45/h5-7,10-11,20-23,30H,12-19,24H2,1-4H3,(H,41,48). The zero-order valence-electron chi connectivity index (χ0n) is 27.8. The van der Waals surface area contributed by atoms with E-state index < -0.39 is 17.6 Å². The maximum Gasteiger partial charge on any atom is 0.416 e. The lowest BCUT2D eigenvalue weighted by Crippen LogP contribution is -2.43. The molecule has 2 aromatic carbocycles. The number of nitrogens with one attached hydrogen (secondary N) is 1. The minimum Gasteiger partial charge on any atom is -0.355 e. The molecule has 0 unspecified atom stereocenters. The Hall–Kier alpha value is -4.44. The summed E-state index contributed by atoms with van der Waals surface area (Å²) in [7, 11) is 6.26. The van der Waals surface area contributed by atoms with E-state index in [1.165, 1.54) is 6.07 Å². The van der Waals surface area contributed by atoms with Crippen molar-refractivity contribution in [2.45, 2.75) is 38.5 Å². The van der Waals surface area contributed by atoms with Gasteiger partial charge in [0.1, 0.15) is 11.5 Å². The Morgan fingerprint density at radius 1 is 1.00 bits per heavy atom. The van der Waals surface area contributed by atoms with Crippen LogP contribution < -0.4 is 10.2 Å². The Bertz CT molecular complexity index is 1840. The molecule has 0 spiro atoms. The number of carbonyl (C=O) groups excluding carboxylic acids is 1. The molecule has 2 aromatic heterocycles. The lowest BCUT2D eigenvalue weighted by molar-refractivity contribution is -0.137. The highest BCUT2D eigenvalue weighted by molar-refractivity contribution is 6.05. The van der Waals surface area contributed by atoms with Crippen molar-refractivity contribution in [2.24, 2.45) is 0 Å². The molecule has 48 heavy (non-hydrogen) atoms. The van der Waals surface area contributed by atoms with Gasteiger partial charge in [0, 0.05) is 68.7 Å². The molecule has 0 saturated carbocycles. The van der Waals surface area contributed by atoms with E-state index in [0.717, 1.165) is 64.0 Å². The first-order valence-electron chi connectivity index (χ1n) is 16.3. The lowest BCUT2D eigenvalue weighted by atomic mass is 10.0. The summed E-state index contributed by atoms with van der Waals surface area (Å²) in [5, 5.41) is 7.56.